The van der Waals surface area contributed by atoms with Gasteiger partial charge in [0.1, 0.15) is 0 Å². The molecule has 18 heavy (non-hydrogen) atoms. The fourth-order valence-electron chi connectivity index (χ4n) is 1.59. The van der Waals surface area contributed by atoms with Crippen molar-refractivity contribution in [2.75, 3.05) is 5.73 Å². The number of nitrogens with zero attached hydrogens (tertiary/aromatic N) is 3. The average Bonchev–Trinajstić information content (AvgIpc) is 2.79. The summed E-state index contributed by atoms with van der Waals surface area (Å²) >= 11 is 0. The van der Waals surface area contributed by atoms with Crippen molar-refractivity contribution in [1.82, 2.24) is 15.0 Å². The number of carbonyl (C=O) groups is 1. The van der Waals surface area contributed by atoms with E-state index in [1.54, 1.807) is 26.0 Å². The topological polar surface area (TPSA) is 94.0 Å². The Kier molecular flexibility index (Phi) is 2.78. The predicted octanol–water partition coefficient (Wildman–Crippen LogP) is 1.35. The van der Waals surface area contributed by atoms with E-state index in [0.717, 1.165) is 5.56 Å². The quantitative estimate of drug-likeness (QED) is 0.797. The molecule has 3 N–H and O–H groups in total. The first-order valence-corrected chi connectivity index (χ1v) is 5.43. The lowest BCUT2D eigenvalue weighted by atomic mass is 10.0. The zero-order valence-corrected chi connectivity index (χ0v) is 10.2. The lowest BCUT2D eigenvalue weighted by molar-refractivity contribution is -0.146. The van der Waals surface area contributed by atoms with Crippen LogP contribution in [0.25, 0.3) is 11.3 Å². The van der Waals surface area contributed by atoms with Gasteiger partial charge in [0.2, 0.25) is 0 Å². The maximum absolute atomic E-state index is 11.2. The maximum atomic E-state index is 11.2. The highest BCUT2D eigenvalue weighted by Gasteiger charge is 2.32. The number of carboxylic acid groups (broad SMARTS) is 1. The smallest absolute Gasteiger partial charge is 0.331 e. The van der Waals surface area contributed by atoms with Gasteiger partial charge in [0.05, 0.1) is 11.9 Å². The molecule has 6 heteroatoms. The normalized spacial score (nSPS) is 11.4. The molecule has 1 aromatic carbocycles. The summed E-state index contributed by atoms with van der Waals surface area (Å²) in [6.45, 7) is 3.15. The third-order valence-corrected chi connectivity index (χ3v) is 2.81. The lowest BCUT2D eigenvalue weighted by Crippen LogP contribution is -2.37. The number of rotatable bonds is 3. The molecular formula is C12H14N4O2. The summed E-state index contributed by atoms with van der Waals surface area (Å²) in [7, 11) is 0. The van der Waals surface area contributed by atoms with Gasteiger partial charge in [-0.25, -0.2) is 9.48 Å². The number of hydrogen-bond acceptors (Lipinski definition) is 4. The lowest BCUT2D eigenvalue weighted by Gasteiger charge is -2.21. The van der Waals surface area contributed by atoms with Crippen molar-refractivity contribution in [3.63, 3.8) is 0 Å². The molecule has 0 radical (unpaired) electrons. The number of nitrogen functional groups attached to an aromatic ring is 1. The van der Waals surface area contributed by atoms with Gasteiger partial charge < -0.3 is 10.8 Å². The molecule has 0 aliphatic carbocycles. The van der Waals surface area contributed by atoms with Crippen LogP contribution in [0, 0.1) is 0 Å². The summed E-state index contributed by atoms with van der Waals surface area (Å²) in [5, 5.41) is 16.9. The van der Waals surface area contributed by atoms with Crippen molar-refractivity contribution in [3.05, 3.63) is 30.5 Å². The van der Waals surface area contributed by atoms with Gasteiger partial charge in [0, 0.05) is 11.3 Å². The third-order valence-electron chi connectivity index (χ3n) is 2.81. The second-order valence-corrected chi connectivity index (χ2v) is 4.52. The Morgan fingerprint density at radius 2 is 1.94 bits per heavy atom. The number of aromatic nitrogens is 3. The highest BCUT2D eigenvalue weighted by molar-refractivity contribution is 5.77. The summed E-state index contributed by atoms with van der Waals surface area (Å²) < 4.78 is 1.39. The van der Waals surface area contributed by atoms with Crippen LogP contribution in [0.3, 0.4) is 0 Å². The zero-order valence-electron chi connectivity index (χ0n) is 10.2. The summed E-state index contributed by atoms with van der Waals surface area (Å²) in [5.41, 5.74) is 6.57. The van der Waals surface area contributed by atoms with Crippen molar-refractivity contribution < 1.29 is 9.90 Å². The first kappa shape index (κ1) is 12.1. The monoisotopic (exact) mass is 246 g/mol. The van der Waals surface area contributed by atoms with Gasteiger partial charge >= 0.3 is 5.97 Å². The second-order valence-electron chi connectivity index (χ2n) is 4.52. The molecule has 0 amide bonds. The zero-order chi connectivity index (χ0) is 13.3. The van der Waals surface area contributed by atoms with Crippen LogP contribution in [0.2, 0.25) is 0 Å². The SMILES string of the molecule is CC(C)(C(=O)O)n1nncc1-c1ccc(N)cc1. The second kappa shape index (κ2) is 4.14. The largest absolute Gasteiger partial charge is 0.479 e. The summed E-state index contributed by atoms with van der Waals surface area (Å²) in [6, 6.07) is 7.12. The number of carboxylic acids is 1. The molecule has 0 aliphatic rings. The molecule has 1 heterocycles. The van der Waals surface area contributed by atoms with Gasteiger partial charge in [-0.05, 0) is 26.0 Å². The van der Waals surface area contributed by atoms with Crippen LogP contribution in [-0.4, -0.2) is 26.1 Å². The fraction of sp³-hybridized carbons (Fsp3) is 0.250. The molecule has 0 atom stereocenters. The fourth-order valence-corrected chi connectivity index (χ4v) is 1.59. The molecule has 0 aliphatic heterocycles. The minimum atomic E-state index is -1.16. The molecule has 94 valence electrons. The molecule has 2 rings (SSSR count). The molecule has 6 nitrogen and oxygen atoms in total. The number of benzene rings is 1. The van der Waals surface area contributed by atoms with E-state index in [1.807, 2.05) is 12.1 Å². The summed E-state index contributed by atoms with van der Waals surface area (Å²) in [6.07, 6.45) is 1.54. The van der Waals surface area contributed by atoms with Crippen molar-refractivity contribution in [2.24, 2.45) is 0 Å². The molecule has 0 fully saturated rings. The number of anilines is 1. The van der Waals surface area contributed by atoms with Crippen LogP contribution in [0.4, 0.5) is 5.69 Å². The van der Waals surface area contributed by atoms with E-state index in [0.29, 0.717) is 11.4 Å². The Morgan fingerprint density at radius 1 is 1.33 bits per heavy atom. The van der Waals surface area contributed by atoms with Crippen molar-refractivity contribution in [1.29, 1.82) is 0 Å². The Labute approximate surface area is 104 Å². The standard InChI is InChI=1S/C12H14N4O2/c1-12(2,11(17)18)16-10(7-14-15-16)8-3-5-9(13)6-4-8/h3-7H,13H2,1-2H3,(H,17,18). The van der Waals surface area contributed by atoms with E-state index < -0.39 is 11.5 Å². The highest BCUT2D eigenvalue weighted by atomic mass is 16.4. The summed E-state index contributed by atoms with van der Waals surface area (Å²) in [4.78, 5) is 11.2. The van der Waals surface area contributed by atoms with Gasteiger partial charge in [0.15, 0.2) is 5.54 Å². The van der Waals surface area contributed by atoms with Crippen molar-refractivity contribution in [2.45, 2.75) is 19.4 Å². The van der Waals surface area contributed by atoms with Crippen molar-refractivity contribution in [3.8, 4) is 11.3 Å². The minimum Gasteiger partial charge on any atom is -0.479 e. The predicted molar refractivity (Wildman–Crippen MR) is 66.8 cm³/mol. The molecule has 0 saturated heterocycles. The van der Waals surface area contributed by atoms with Gasteiger partial charge in [-0.3, -0.25) is 0 Å². The number of aliphatic carboxylic acids is 1. The highest BCUT2D eigenvalue weighted by Crippen LogP contribution is 2.25. The first-order chi connectivity index (χ1) is 8.43. The molecule has 2 aromatic rings. The van der Waals surface area contributed by atoms with Crippen LogP contribution >= 0.6 is 0 Å². The Bertz CT molecular complexity index is 572. The van der Waals surface area contributed by atoms with Crippen LogP contribution in [0.5, 0.6) is 0 Å². The number of hydrogen-bond donors (Lipinski definition) is 2. The first-order valence-electron chi connectivity index (χ1n) is 5.43. The molecule has 0 unspecified atom stereocenters. The van der Waals surface area contributed by atoms with Crippen LogP contribution in [-0.2, 0) is 10.3 Å². The summed E-state index contributed by atoms with van der Waals surface area (Å²) in [5.74, 6) is -0.968. The van der Waals surface area contributed by atoms with E-state index in [1.165, 1.54) is 10.9 Å². The van der Waals surface area contributed by atoms with E-state index >= 15 is 0 Å². The average molecular weight is 246 g/mol. The molecule has 1 aromatic heterocycles. The van der Waals surface area contributed by atoms with Gasteiger partial charge in [-0.2, -0.15) is 0 Å². The van der Waals surface area contributed by atoms with Gasteiger partial charge in [0.25, 0.3) is 0 Å². The van der Waals surface area contributed by atoms with Crippen LogP contribution < -0.4 is 5.73 Å². The van der Waals surface area contributed by atoms with E-state index in [4.69, 9.17) is 5.73 Å². The van der Waals surface area contributed by atoms with Crippen LogP contribution in [0.15, 0.2) is 30.5 Å². The van der Waals surface area contributed by atoms with Gasteiger partial charge in [-0.15, -0.1) is 5.10 Å². The van der Waals surface area contributed by atoms with Crippen LogP contribution in [0.1, 0.15) is 13.8 Å². The van der Waals surface area contributed by atoms with Gasteiger partial charge in [-0.1, -0.05) is 17.3 Å². The Morgan fingerprint density at radius 3 is 2.50 bits per heavy atom. The third kappa shape index (κ3) is 1.92. The van der Waals surface area contributed by atoms with Crippen molar-refractivity contribution >= 4 is 11.7 Å². The van der Waals surface area contributed by atoms with E-state index in [9.17, 15) is 9.90 Å². The molecular weight excluding hydrogens is 232 g/mol. The minimum absolute atomic E-state index is 0.641. The van der Waals surface area contributed by atoms with E-state index in [-0.39, 0.29) is 0 Å². The molecule has 0 bridgehead atoms. The molecule has 0 spiro atoms. The number of nitrogens with two attached hydrogens (primary N) is 1. The van der Waals surface area contributed by atoms with E-state index in [2.05, 4.69) is 10.3 Å². The maximum Gasteiger partial charge on any atom is 0.331 e. The Hall–Kier alpha value is -2.37. The molecule has 0 saturated carbocycles. The Balaban J connectivity index is 2.52.